The van der Waals surface area contributed by atoms with Gasteiger partial charge in [0.05, 0.1) is 23.7 Å². The van der Waals surface area contributed by atoms with Crippen LogP contribution in [-0.2, 0) is 10.0 Å². The summed E-state index contributed by atoms with van der Waals surface area (Å²) in [7, 11) is -2.88. The van der Waals surface area contributed by atoms with Gasteiger partial charge < -0.3 is 10.1 Å². The van der Waals surface area contributed by atoms with E-state index in [9.17, 15) is 22.9 Å². The molecule has 0 saturated carbocycles. The summed E-state index contributed by atoms with van der Waals surface area (Å²) in [6.07, 6.45) is 1.20. The van der Waals surface area contributed by atoms with Gasteiger partial charge in [-0.15, -0.1) is 0 Å². The summed E-state index contributed by atoms with van der Waals surface area (Å²) < 4.78 is 58.1. The number of hydrogen-bond acceptors (Lipinski definition) is 8. The van der Waals surface area contributed by atoms with Gasteiger partial charge in [-0.05, 0) is 24.6 Å². The molecular formula is C18H17F2N5O5S. The zero-order chi connectivity index (χ0) is 22.9. The van der Waals surface area contributed by atoms with Crippen LogP contribution in [0, 0.1) is 21.7 Å². The van der Waals surface area contributed by atoms with E-state index in [0.29, 0.717) is 0 Å². The van der Waals surface area contributed by atoms with Gasteiger partial charge in [0.25, 0.3) is 0 Å². The van der Waals surface area contributed by atoms with Crippen molar-refractivity contribution in [1.82, 2.24) is 9.97 Å². The molecule has 164 valence electrons. The summed E-state index contributed by atoms with van der Waals surface area (Å²) in [5, 5.41) is 17.8. The number of aromatic nitrogens is 2. The molecular weight excluding hydrogens is 436 g/mol. The minimum atomic E-state index is -4.18. The van der Waals surface area contributed by atoms with Crippen LogP contribution in [0.15, 0.2) is 30.5 Å². The van der Waals surface area contributed by atoms with Gasteiger partial charge in [-0.2, -0.15) is 0 Å². The van der Waals surface area contributed by atoms with Crippen LogP contribution >= 0.6 is 0 Å². The minimum absolute atomic E-state index is 0.00560. The maximum absolute atomic E-state index is 15.1. The lowest BCUT2D eigenvalue weighted by Gasteiger charge is -2.17. The molecule has 1 atom stereocenters. The highest BCUT2D eigenvalue weighted by Crippen LogP contribution is 2.37. The number of nitrogens with two attached hydrogens (primary N) is 1. The van der Waals surface area contributed by atoms with Gasteiger partial charge in [0, 0.05) is 5.56 Å². The van der Waals surface area contributed by atoms with E-state index in [2.05, 4.69) is 15.3 Å². The Labute approximate surface area is 175 Å². The smallest absolute Gasteiger partial charge is 0.320 e. The van der Waals surface area contributed by atoms with Crippen LogP contribution in [0.4, 0.5) is 25.8 Å². The third-order valence-corrected chi connectivity index (χ3v) is 5.93. The quantitative estimate of drug-likeness (QED) is 0.408. The van der Waals surface area contributed by atoms with Gasteiger partial charge in [0.15, 0.2) is 11.3 Å². The van der Waals surface area contributed by atoms with E-state index in [1.165, 1.54) is 32.4 Å². The second-order valence-corrected chi connectivity index (χ2v) is 8.18. The summed E-state index contributed by atoms with van der Waals surface area (Å²) in [4.78, 5) is 19.0. The maximum atomic E-state index is 15.1. The van der Waals surface area contributed by atoms with Crippen molar-refractivity contribution in [2.45, 2.75) is 18.6 Å². The first-order valence-corrected chi connectivity index (χ1v) is 10.4. The number of nitro benzene ring substituents is 1. The molecule has 3 rings (SSSR count). The fraction of sp³-hybridized carbons (Fsp3) is 0.222. The van der Waals surface area contributed by atoms with Gasteiger partial charge in [-0.25, -0.2) is 32.3 Å². The molecule has 13 heteroatoms. The number of nitro groups is 1. The average molecular weight is 453 g/mol. The number of halogens is 2. The van der Waals surface area contributed by atoms with Gasteiger partial charge in [0.2, 0.25) is 15.9 Å². The Morgan fingerprint density at radius 1 is 1.29 bits per heavy atom. The molecule has 0 amide bonds. The molecule has 0 aliphatic rings. The molecule has 0 bridgehead atoms. The summed E-state index contributed by atoms with van der Waals surface area (Å²) >= 11 is 0. The van der Waals surface area contributed by atoms with Crippen molar-refractivity contribution in [3.63, 3.8) is 0 Å². The Morgan fingerprint density at radius 2 is 2.00 bits per heavy atom. The van der Waals surface area contributed by atoms with Crippen molar-refractivity contribution in [2.75, 3.05) is 12.4 Å². The molecule has 3 aromatic rings. The topological polar surface area (TPSA) is 150 Å². The number of nitrogens with one attached hydrogen (secondary N) is 1. The molecule has 1 aromatic heterocycles. The monoisotopic (exact) mass is 453 g/mol. The predicted molar refractivity (Wildman–Crippen MR) is 109 cm³/mol. The Balaban J connectivity index is 2.20. The Kier molecular flexibility index (Phi) is 5.99. The van der Waals surface area contributed by atoms with E-state index in [-0.39, 0.29) is 34.6 Å². The fourth-order valence-corrected chi connectivity index (χ4v) is 4.13. The number of primary sulfonamides is 1. The van der Waals surface area contributed by atoms with Crippen LogP contribution in [-0.4, -0.2) is 30.4 Å². The van der Waals surface area contributed by atoms with E-state index < -0.39 is 43.2 Å². The summed E-state index contributed by atoms with van der Waals surface area (Å²) in [6.45, 7) is 1.48. The number of anilines is 2. The largest absolute Gasteiger partial charge is 0.480 e. The van der Waals surface area contributed by atoms with Crippen molar-refractivity contribution < 1.29 is 26.9 Å². The number of nitrogens with zero attached hydrogens (tertiary/aromatic N) is 3. The number of sulfonamides is 1. The third kappa shape index (κ3) is 4.22. The van der Waals surface area contributed by atoms with Crippen molar-refractivity contribution in [3.05, 3.63) is 57.8 Å². The highest BCUT2D eigenvalue weighted by molar-refractivity contribution is 7.89. The van der Waals surface area contributed by atoms with Gasteiger partial charge in [-0.3, -0.25) is 10.1 Å². The Bertz CT molecular complexity index is 1290. The zero-order valence-corrected chi connectivity index (χ0v) is 17.1. The fourth-order valence-electron chi connectivity index (χ4n) is 3.13. The first kappa shape index (κ1) is 22.2. The molecule has 0 radical (unpaired) electrons. The third-order valence-electron chi connectivity index (χ3n) is 4.55. The van der Waals surface area contributed by atoms with E-state index in [1.54, 1.807) is 0 Å². The Morgan fingerprint density at radius 3 is 2.58 bits per heavy atom. The summed E-state index contributed by atoms with van der Waals surface area (Å²) in [5.41, 5.74) is -2.00. The van der Waals surface area contributed by atoms with E-state index in [0.717, 1.165) is 12.1 Å². The summed E-state index contributed by atoms with van der Waals surface area (Å²) in [5.74, 6) is -2.31. The lowest BCUT2D eigenvalue weighted by molar-refractivity contribution is -0.382. The lowest BCUT2D eigenvalue weighted by Crippen LogP contribution is -2.22. The number of methoxy groups -OCH3 is 1. The molecule has 1 unspecified atom stereocenters. The van der Waals surface area contributed by atoms with E-state index in [1.807, 2.05) is 0 Å². The molecule has 0 aliphatic heterocycles. The van der Waals surface area contributed by atoms with Gasteiger partial charge >= 0.3 is 5.69 Å². The van der Waals surface area contributed by atoms with Crippen molar-refractivity contribution in [2.24, 2.45) is 5.14 Å². The van der Waals surface area contributed by atoms with Crippen molar-refractivity contribution >= 4 is 38.1 Å². The van der Waals surface area contributed by atoms with Crippen LogP contribution < -0.4 is 15.2 Å². The first-order chi connectivity index (χ1) is 14.6. The predicted octanol–water partition coefficient (Wildman–Crippen LogP) is 3.31. The lowest BCUT2D eigenvalue weighted by atomic mass is 10.1. The summed E-state index contributed by atoms with van der Waals surface area (Å²) in [6, 6.07) is 4.41. The standard InChI is InChI=1S/C18H17F2N5O5S/c1-3-13(31(21,28)29)9-4-5-10(19)16(15(9)20)23-12-7-6-11-17(18(12)25(26)27)24-14(30-2)8-22-11/h4-8,13,23H,3H2,1-2H3,(H2,21,28,29). The average Bonchev–Trinajstić information content (AvgIpc) is 2.71. The first-order valence-electron chi connectivity index (χ1n) is 8.83. The number of fused-ring (bicyclic) bond motifs is 1. The highest BCUT2D eigenvalue weighted by atomic mass is 32.2. The van der Waals surface area contributed by atoms with Crippen LogP contribution in [0.1, 0.15) is 24.2 Å². The SMILES string of the molecule is CCC(c1ccc(F)c(Nc2ccc3ncc(OC)nc3c2[N+](=O)[O-])c1F)S(N)(=O)=O. The van der Waals surface area contributed by atoms with E-state index >= 15 is 4.39 Å². The van der Waals surface area contributed by atoms with Crippen LogP contribution in [0.3, 0.4) is 0 Å². The van der Waals surface area contributed by atoms with Crippen molar-refractivity contribution in [3.8, 4) is 5.88 Å². The molecule has 0 spiro atoms. The molecule has 1 heterocycles. The zero-order valence-electron chi connectivity index (χ0n) is 16.3. The number of benzene rings is 2. The van der Waals surface area contributed by atoms with Gasteiger partial charge in [0.1, 0.15) is 22.4 Å². The van der Waals surface area contributed by atoms with Crippen LogP contribution in [0.5, 0.6) is 5.88 Å². The minimum Gasteiger partial charge on any atom is -0.480 e. The maximum Gasteiger partial charge on any atom is 0.320 e. The van der Waals surface area contributed by atoms with E-state index in [4.69, 9.17) is 9.88 Å². The second kappa shape index (κ2) is 8.35. The molecule has 31 heavy (non-hydrogen) atoms. The molecule has 10 nitrogen and oxygen atoms in total. The molecule has 0 aliphatic carbocycles. The molecule has 3 N–H and O–H groups in total. The second-order valence-electron chi connectivity index (χ2n) is 6.44. The number of rotatable bonds is 7. The molecule has 0 fully saturated rings. The Hall–Kier alpha value is -3.45. The van der Waals surface area contributed by atoms with Gasteiger partial charge in [-0.1, -0.05) is 13.0 Å². The van der Waals surface area contributed by atoms with Crippen molar-refractivity contribution in [1.29, 1.82) is 0 Å². The molecule has 2 aromatic carbocycles. The number of hydrogen-bond donors (Lipinski definition) is 2. The highest BCUT2D eigenvalue weighted by Gasteiger charge is 2.29. The van der Waals surface area contributed by atoms with Crippen LogP contribution in [0.25, 0.3) is 11.0 Å². The molecule has 0 saturated heterocycles. The number of ether oxygens (including phenoxy) is 1. The van der Waals surface area contributed by atoms with Crippen LogP contribution in [0.2, 0.25) is 0 Å². The normalized spacial score (nSPS) is 12.5.